The van der Waals surface area contributed by atoms with Gasteiger partial charge in [-0.3, -0.25) is 10.1 Å². The number of non-ortho nitro benzene ring substituents is 1. The average Bonchev–Trinajstić information content (AvgIpc) is 2.73. The van der Waals surface area contributed by atoms with E-state index in [9.17, 15) is 14.5 Å². The Hall–Kier alpha value is -1.40. The maximum atomic E-state index is 13.4. The van der Waals surface area contributed by atoms with Gasteiger partial charge in [0.25, 0.3) is 5.69 Å². The molecular formula is C10H12ClFN2O3. The van der Waals surface area contributed by atoms with Crippen LogP contribution in [0.15, 0.2) is 18.2 Å². The van der Waals surface area contributed by atoms with Crippen molar-refractivity contribution in [3.63, 3.8) is 0 Å². The zero-order valence-electron chi connectivity index (χ0n) is 8.89. The van der Waals surface area contributed by atoms with E-state index in [0.29, 0.717) is 6.54 Å². The van der Waals surface area contributed by atoms with Crippen molar-refractivity contribution in [2.45, 2.75) is 12.5 Å². The van der Waals surface area contributed by atoms with Crippen LogP contribution in [0.2, 0.25) is 0 Å². The number of hydrogen-bond donors (Lipinski definition) is 1. The summed E-state index contributed by atoms with van der Waals surface area (Å²) in [5.74, 6) is -0.625. The van der Waals surface area contributed by atoms with Gasteiger partial charge >= 0.3 is 0 Å². The molecule has 0 bridgehead atoms. The average molecular weight is 263 g/mol. The van der Waals surface area contributed by atoms with Gasteiger partial charge in [0.1, 0.15) is 6.10 Å². The minimum atomic E-state index is -0.693. The third kappa shape index (κ3) is 3.28. The van der Waals surface area contributed by atoms with Crippen LogP contribution in [0.4, 0.5) is 10.1 Å². The first-order valence-corrected chi connectivity index (χ1v) is 4.98. The van der Waals surface area contributed by atoms with Crippen LogP contribution in [0.3, 0.4) is 0 Å². The highest BCUT2D eigenvalue weighted by Gasteiger charge is 2.19. The fourth-order valence-corrected chi connectivity index (χ4v) is 1.61. The monoisotopic (exact) mass is 262 g/mol. The van der Waals surface area contributed by atoms with E-state index in [0.717, 1.165) is 19.0 Å². The minimum Gasteiger partial charge on any atom is -0.486 e. The number of nitro groups is 1. The van der Waals surface area contributed by atoms with Gasteiger partial charge in [-0.25, -0.2) is 4.39 Å². The highest BCUT2D eigenvalue weighted by atomic mass is 35.5. The van der Waals surface area contributed by atoms with Crippen molar-refractivity contribution in [3.8, 4) is 5.75 Å². The van der Waals surface area contributed by atoms with E-state index in [4.69, 9.17) is 4.74 Å². The molecule has 1 aliphatic heterocycles. The van der Waals surface area contributed by atoms with Gasteiger partial charge in [0.2, 0.25) is 0 Å². The predicted molar refractivity (Wildman–Crippen MR) is 62.2 cm³/mol. The Balaban J connectivity index is 0.00000144. The van der Waals surface area contributed by atoms with Crippen molar-refractivity contribution in [2.24, 2.45) is 0 Å². The zero-order valence-corrected chi connectivity index (χ0v) is 9.71. The molecule has 1 N–H and O–H groups in total. The summed E-state index contributed by atoms with van der Waals surface area (Å²) in [4.78, 5) is 9.76. The molecule has 2 rings (SSSR count). The molecule has 94 valence electrons. The van der Waals surface area contributed by atoms with E-state index < -0.39 is 10.7 Å². The number of rotatable bonds is 3. The third-order valence-electron chi connectivity index (χ3n) is 2.44. The van der Waals surface area contributed by atoms with Gasteiger partial charge in [0, 0.05) is 12.6 Å². The first kappa shape index (κ1) is 13.7. The third-order valence-corrected chi connectivity index (χ3v) is 2.44. The topological polar surface area (TPSA) is 64.4 Å². The lowest BCUT2D eigenvalue weighted by atomic mass is 10.2. The molecule has 0 aromatic heterocycles. The van der Waals surface area contributed by atoms with Crippen molar-refractivity contribution in [1.82, 2.24) is 5.32 Å². The molecule has 0 unspecified atom stereocenters. The Morgan fingerprint density at radius 1 is 1.53 bits per heavy atom. The van der Waals surface area contributed by atoms with Crippen LogP contribution in [0.1, 0.15) is 6.42 Å². The molecule has 5 nitrogen and oxygen atoms in total. The number of nitrogens with zero attached hydrogens (tertiary/aromatic N) is 1. The number of halogens is 2. The fraction of sp³-hybridized carbons (Fsp3) is 0.400. The maximum Gasteiger partial charge on any atom is 0.272 e. The number of ether oxygens (including phenoxy) is 1. The lowest BCUT2D eigenvalue weighted by Crippen LogP contribution is -2.20. The highest BCUT2D eigenvalue weighted by molar-refractivity contribution is 5.85. The summed E-state index contributed by atoms with van der Waals surface area (Å²) in [6.45, 7) is 1.52. The molecular weight excluding hydrogens is 251 g/mol. The molecule has 0 aliphatic carbocycles. The molecule has 1 aromatic carbocycles. The van der Waals surface area contributed by atoms with Crippen LogP contribution in [0.25, 0.3) is 0 Å². The number of benzene rings is 1. The summed E-state index contributed by atoms with van der Waals surface area (Å²) in [5.41, 5.74) is -0.269. The van der Waals surface area contributed by atoms with Gasteiger partial charge in [-0.15, -0.1) is 12.4 Å². The SMILES string of the molecule is Cl.O=[N+]([O-])c1ccc(O[C@@H]2CCNC2)c(F)c1. The first-order valence-electron chi connectivity index (χ1n) is 4.98. The Morgan fingerprint density at radius 2 is 2.29 bits per heavy atom. The highest BCUT2D eigenvalue weighted by Crippen LogP contribution is 2.24. The van der Waals surface area contributed by atoms with Crippen LogP contribution in [0.5, 0.6) is 5.75 Å². The Bertz CT molecular complexity index is 411. The van der Waals surface area contributed by atoms with Crippen LogP contribution < -0.4 is 10.1 Å². The molecule has 1 saturated heterocycles. The molecule has 0 radical (unpaired) electrons. The van der Waals surface area contributed by atoms with Crippen LogP contribution >= 0.6 is 12.4 Å². The van der Waals surface area contributed by atoms with E-state index in [1.807, 2.05) is 0 Å². The largest absolute Gasteiger partial charge is 0.486 e. The minimum absolute atomic E-state index is 0. The summed E-state index contributed by atoms with van der Waals surface area (Å²) in [6.07, 6.45) is 0.757. The molecule has 1 aromatic rings. The van der Waals surface area contributed by atoms with Gasteiger partial charge in [-0.2, -0.15) is 0 Å². The molecule has 7 heteroatoms. The second-order valence-corrected chi connectivity index (χ2v) is 3.60. The van der Waals surface area contributed by atoms with Crippen LogP contribution in [-0.2, 0) is 0 Å². The molecule has 0 amide bonds. The molecule has 1 heterocycles. The van der Waals surface area contributed by atoms with Crippen molar-refractivity contribution in [1.29, 1.82) is 0 Å². The van der Waals surface area contributed by atoms with E-state index in [-0.39, 0.29) is 29.9 Å². The Morgan fingerprint density at radius 3 is 2.82 bits per heavy atom. The summed E-state index contributed by atoms with van der Waals surface area (Å²) >= 11 is 0. The fourth-order valence-electron chi connectivity index (χ4n) is 1.61. The van der Waals surface area contributed by atoms with Gasteiger partial charge < -0.3 is 10.1 Å². The zero-order chi connectivity index (χ0) is 11.5. The Labute approximate surface area is 104 Å². The van der Waals surface area contributed by atoms with Crippen molar-refractivity contribution in [2.75, 3.05) is 13.1 Å². The van der Waals surface area contributed by atoms with Gasteiger partial charge in [-0.05, 0) is 19.0 Å². The van der Waals surface area contributed by atoms with Crippen LogP contribution in [0, 0.1) is 15.9 Å². The summed E-state index contributed by atoms with van der Waals surface area (Å²) in [6, 6.07) is 3.41. The summed E-state index contributed by atoms with van der Waals surface area (Å²) in [5, 5.41) is 13.5. The molecule has 1 aliphatic rings. The first-order chi connectivity index (χ1) is 7.66. The van der Waals surface area contributed by atoms with Gasteiger partial charge in [0.05, 0.1) is 11.0 Å². The molecule has 0 saturated carbocycles. The normalized spacial score (nSPS) is 18.5. The Kier molecular flexibility index (Phi) is 4.65. The lowest BCUT2D eigenvalue weighted by Gasteiger charge is -2.12. The predicted octanol–water partition coefficient (Wildman–Crippen LogP) is 1.90. The maximum absolute atomic E-state index is 13.4. The van der Waals surface area contributed by atoms with E-state index in [1.54, 1.807) is 0 Å². The second kappa shape index (κ2) is 5.79. The molecule has 0 spiro atoms. The number of nitro benzene ring substituents is 1. The summed E-state index contributed by atoms with van der Waals surface area (Å²) < 4.78 is 18.8. The van der Waals surface area contributed by atoms with Crippen molar-refractivity contribution in [3.05, 3.63) is 34.1 Å². The van der Waals surface area contributed by atoms with Gasteiger partial charge in [0.15, 0.2) is 11.6 Å². The van der Waals surface area contributed by atoms with Gasteiger partial charge in [-0.1, -0.05) is 0 Å². The van der Waals surface area contributed by atoms with Crippen LogP contribution in [-0.4, -0.2) is 24.1 Å². The molecule has 17 heavy (non-hydrogen) atoms. The van der Waals surface area contributed by atoms with E-state index in [2.05, 4.69) is 5.32 Å². The number of hydrogen-bond acceptors (Lipinski definition) is 4. The van der Waals surface area contributed by atoms with Crippen molar-refractivity contribution >= 4 is 18.1 Å². The van der Waals surface area contributed by atoms with E-state index in [1.165, 1.54) is 12.1 Å². The van der Waals surface area contributed by atoms with Crippen molar-refractivity contribution < 1.29 is 14.1 Å². The number of nitrogens with one attached hydrogen (secondary N) is 1. The molecule has 1 atom stereocenters. The molecule has 1 fully saturated rings. The van der Waals surface area contributed by atoms with E-state index >= 15 is 0 Å². The quantitative estimate of drug-likeness (QED) is 0.667. The standard InChI is InChI=1S/C10H11FN2O3.ClH/c11-9-5-7(13(14)15)1-2-10(9)16-8-3-4-12-6-8;/h1-2,5,8,12H,3-4,6H2;1H/t8-;/m1./s1. The summed E-state index contributed by atoms with van der Waals surface area (Å²) in [7, 11) is 0. The second-order valence-electron chi connectivity index (χ2n) is 3.60. The lowest BCUT2D eigenvalue weighted by molar-refractivity contribution is -0.385. The smallest absolute Gasteiger partial charge is 0.272 e.